The molecule has 0 heterocycles. The molecule has 19 heavy (non-hydrogen) atoms. The van der Waals surface area contributed by atoms with Crippen molar-refractivity contribution < 1.29 is 22.4 Å². The van der Waals surface area contributed by atoms with Gasteiger partial charge in [0.1, 0.15) is 0 Å². The second kappa shape index (κ2) is 5.59. The summed E-state index contributed by atoms with van der Waals surface area (Å²) in [7, 11) is 0. The lowest BCUT2D eigenvalue weighted by Gasteiger charge is -2.19. The van der Waals surface area contributed by atoms with Crippen molar-refractivity contribution in [1.82, 2.24) is 0 Å². The van der Waals surface area contributed by atoms with Gasteiger partial charge in [0.25, 0.3) is 0 Å². The number of benzene rings is 1. The minimum absolute atomic E-state index is 0.0321. The Labute approximate surface area is 108 Å². The Morgan fingerprint density at radius 1 is 1.26 bits per heavy atom. The van der Waals surface area contributed by atoms with Crippen molar-refractivity contribution in [2.75, 3.05) is 5.32 Å². The standard InChI is InChI=1S/C13H15F4NO/c1-7(2)9-6-4-5-8(3)10(9)18-12(19)13(16,17)11(14)15/h4-7,11H,1-3H3,(H,18,19). The number of alkyl halides is 4. The molecule has 0 aromatic heterocycles. The van der Waals surface area contributed by atoms with Gasteiger partial charge in [-0.25, -0.2) is 8.78 Å². The Kier molecular flexibility index (Phi) is 4.55. The number of aryl methyl sites for hydroxylation is 1. The van der Waals surface area contributed by atoms with E-state index in [-0.39, 0.29) is 11.6 Å². The highest BCUT2D eigenvalue weighted by Gasteiger charge is 2.49. The first kappa shape index (κ1) is 15.5. The SMILES string of the molecule is Cc1cccc(C(C)C)c1NC(=O)C(F)(F)C(F)F. The maximum Gasteiger partial charge on any atom is 0.383 e. The molecule has 0 aliphatic rings. The molecule has 0 atom stereocenters. The van der Waals surface area contributed by atoms with Crippen molar-refractivity contribution in [3.63, 3.8) is 0 Å². The number of anilines is 1. The number of hydrogen-bond donors (Lipinski definition) is 1. The average Bonchev–Trinajstić information content (AvgIpc) is 2.30. The Balaban J connectivity index is 3.10. The van der Waals surface area contributed by atoms with Gasteiger partial charge in [-0.05, 0) is 24.0 Å². The maximum atomic E-state index is 12.9. The largest absolute Gasteiger partial charge is 0.383 e. The minimum atomic E-state index is -4.70. The van der Waals surface area contributed by atoms with Crippen molar-refractivity contribution in [2.45, 2.75) is 39.0 Å². The summed E-state index contributed by atoms with van der Waals surface area (Å²) >= 11 is 0. The predicted molar refractivity (Wildman–Crippen MR) is 64.8 cm³/mol. The van der Waals surface area contributed by atoms with E-state index in [0.717, 1.165) is 0 Å². The number of nitrogens with one attached hydrogen (secondary N) is 1. The van der Waals surface area contributed by atoms with E-state index in [2.05, 4.69) is 0 Å². The van der Waals surface area contributed by atoms with Crippen LogP contribution in [-0.4, -0.2) is 18.3 Å². The molecule has 1 aromatic carbocycles. The number of halogens is 4. The molecule has 106 valence electrons. The molecule has 1 aromatic rings. The zero-order valence-corrected chi connectivity index (χ0v) is 10.8. The minimum Gasteiger partial charge on any atom is -0.320 e. The number of hydrogen-bond acceptors (Lipinski definition) is 1. The Hall–Kier alpha value is -1.59. The van der Waals surface area contributed by atoms with E-state index in [1.54, 1.807) is 25.1 Å². The number of amides is 1. The molecule has 1 amide bonds. The molecule has 2 nitrogen and oxygen atoms in total. The molecule has 1 N–H and O–H groups in total. The summed E-state index contributed by atoms with van der Waals surface area (Å²) in [6.07, 6.45) is -4.03. The third-order valence-electron chi connectivity index (χ3n) is 2.74. The van der Waals surface area contributed by atoms with Gasteiger partial charge < -0.3 is 5.32 Å². The first-order valence-electron chi connectivity index (χ1n) is 5.74. The molecule has 1 rings (SSSR count). The van der Waals surface area contributed by atoms with Crippen LogP contribution in [-0.2, 0) is 4.79 Å². The van der Waals surface area contributed by atoms with Crippen LogP contribution in [0.5, 0.6) is 0 Å². The average molecular weight is 277 g/mol. The van der Waals surface area contributed by atoms with Gasteiger partial charge >= 0.3 is 18.3 Å². The van der Waals surface area contributed by atoms with Crippen molar-refractivity contribution in [3.05, 3.63) is 29.3 Å². The predicted octanol–water partition coefficient (Wildman–Crippen LogP) is 3.96. The quantitative estimate of drug-likeness (QED) is 0.829. The highest BCUT2D eigenvalue weighted by atomic mass is 19.3. The summed E-state index contributed by atoms with van der Waals surface area (Å²) in [5.41, 5.74) is 1.34. The lowest BCUT2D eigenvalue weighted by atomic mass is 9.98. The molecule has 0 saturated carbocycles. The van der Waals surface area contributed by atoms with Crippen LogP contribution in [0.3, 0.4) is 0 Å². The Bertz CT molecular complexity index is 472. The second-order valence-corrected chi connectivity index (χ2v) is 4.57. The zero-order valence-electron chi connectivity index (χ0n) is 10.8. The molecular weight excluding hydrogens is 262 g/mol. The first-order chi connectivity index (χ1) is 8.67. The monoisotopic (exact) mass is 277 g/mol. The topological polar surface area (TPSA) is 29.1 Å². The fraction of sp³-hybridized carbons (Fsp3) is 0.462. The molecule has 6 heteroatoms. The van der Waals surface area contributed by atoms with Crippen molar-refractivity contribution in [2.24, 2.45) is 0 Å². The first-order valence-corrected chi connectivity index (χ1v) is 5.74. The molecule has 0 fully saturated rings. The lowest BCUT2D eigenvalue weighted by Crippen LogP contribution is -2.41. The van der Waals surface area contributed by atoms with E-state index >= 15 is 0 Å². The van der Waals surface area contributed by atoms with Crippen LogP contribution in [0.1, 0.15) is 30.9 Å². The summed E-state index contributed by atoms with van der Waals surface area (Å²) in [4.78, 5) is 11.3. The van der Waals surface area contributed by atoms with Crippen LogP contribution in [0.2, 0.25) is 0 Å². The number of carbonyl (C=O) groups excluding carboxylic acids is 1. The molecule has 0 aliphatic carbocycles. The van der Waals surface area contributed by atoms with E-state index in [1.165, 1.54) is 0 Å². The zero-order chi connectivity index (χ0) is 14.8. The number of carbonyl (C=O) groups is 1. The van der Waals surface area contributed by atoms with Crippen molar-refractivity contribution >= 4 is 11.6 Å². The summed E-state index contributed by atoms with van der Waals surface area (Å²) in [6, 6.07) is 4.99. The van der Waals surface area contributed by atoms with Crippen LogP contribution in [0.25, 0.3) is 0 Å². The molecular formula is C13H15F4NO. The van der Waals surface area contributed by atoms with E-state index < -0.39 is 18.3 Å². The summed E-state index contributed by atoms with van der Waals surface area (Å²) in [5.74, 6) is -6.72. The van der Waals surface area contributed by atoms with Crippen LogP contribution >= 0.6 is 0 Å². The van der Waals surface area contributed by atoms with Gasteiger partial charge in [-0.2, -0.15) is 8.78 Å². The molecule has 0 unspecified atom stereocenters. The van der Waals surface area contributed by atoms with Gasteiger partial charge in [-0.1, -0.05) is 32.0 Å². The fourth-order valence-electron chi connectivity index (χ4n) is 1.64. The highest BCUT2D eigenvalue weighted by Crippen LogP contribution is 2.30. The molecule has 0 aliphatic heterocycles. The van der Waals surface area contributed by atoms with E-state index in [9.17, 15) is 22.4 Å². The van der Waals surface area contributed by atoms with E-state index in [1.807, 2.05) is 19.2 Å². The number of rotatable bonds is 4. The Morgan fingerprint density at radius 2 is 1.84 bits per heavy atom. The lowest BCUT2D eigenvalue weighted by molar-refractivity contribution is -0.163. The second-order valence-electron chi connectivity index (χ2n) is 4.57. The van der Waals surface area contributed by atoms with Gasteiger partial charge in [0.2, 0.25) is 0 Å². The van der Waals surface area contributed by atoms with Gasteiger partial charge in [0.15, 0.2) is 0 Å². The van der Waals surface area contributed by atoms with Gasteiger partial charge in [-0.15, -0.1) is 0 Å². The summed E-state index contributed by atoms with van der Waals surface area (Å²) in [6.45, 7) is 5.24. The molecule has 0 saturated heterocycles. The van der Waals surface area contributed by atoms with Crippen molar-refractivity contribution in [3.8, 4) is 0 Å². The van der Waals surface area contributed by atoms with Crippen LogP contribution in [0, 0.1) is 6.92 Å². The number of para-hydroxylation sites is 1. The van der Waals surface area contributed by atoms with E-state index in [0.29, 0.717) is 11.1 Å². The third kappa shape index (κ3) is 3.24. The maximum absolute atomic E-state index is 12.9. The van der Waals surface area contributed by atoms with Gasteiger partial charge in [0, 0.05) is 5.69 Å². The van der Waals surface area contributed by atoms with Gasteiger partial charge in [-0.3, -0.25) is 4.79 Å². The highest BCUT2D eigenvalue weighted by molar-refractivity contribution is 5.97. The summed E-state index contributed by atoms with van der Waals surface area (Å²) < 4.78 is 50.1. The molecule has 0 spiro atoms. The van der Waals surface area contributed by atoms with E-state index in [4.69, 9.17) is 0 Å². The summed E-state index contributed by atoms with van der Waals surface area (Å²) in [5, 5.41) is 1.91. The van der Waals surface area contributed by atoms with Crippen LogP contribution in [0.4, 0.5) is 23.2 Å². The van der Waals surface area contributed by atoms with Crippen molar-refractivity contribution in [1.29, 1.82) is 0 Å². The fourth-order valence-corrected chi connectivity index (χ4v) is 1.64. The van der Waals surface area contributed by atoms with Crippen LogP contribution in [0.15, 0.2) is 18.2 Å². The molecule has 0 bridgehead atoms. The Morgan fingerprint density at radius 3 is 2.32 bits per heavy atom. The van der Waals surface area contributed by atoms with Crippen LogP contribution < -0.4 is 5.32 Å². The smallest absolute Gasteiger partial charge is 0.320 e. The third-order valence-corrected chi connectivity index (χ3v) is 2.74. The normalized spacial score (nSPS) is 12.1. The molecule has 0 radical (unpaired) electrons. The van der Waals surface area contributed by atoms with Gasteiger partial charge in [0.05, 0.1) is 0 Å².